The molecule has 8 heteroatoms. The molecular weight excluding hydrogens is 435 g/mol. The van der Waals surface area contributed by atoms with Crippen molar-refractivity contribution in [3.8, 4) is 0 Å². The van der Waals surface area contributed by atoms with Crippen LogP contribution in [0.25, 0.3) is 0 Å². The molecule has 2 aliphatic rings. The van der Waals surface area contributed by atoms with Gasteiger partial charge in [0.2, 0.25) is 5.91 Å². The molecule has 0 aromatic heterocycles. The molecule has 2 aliphatic heterocycles. The number of nitrogens with zero attached hydrogens (tertiary/aromatic N) is 2. The van der Waals surface area contributed by atoms with E-state index in [2.05, 4.69) is 26.5 Å². The minimum atomic E-state index is -0.399. The molecule has 2 aromatic carbocycles. The Morgan fingerprint density at radius 2 is 1.81 bits per heavy atom. The van der Waals surface area contributed by atoms with Gasteiger partial charge in [-0.3, -0.25) is 9.69 Å². The molecule has 0 aliphatic carbocycles. The van der Waals surface area contributed by atoms with E-state index in [9.17, 15) is 9.90 Å². The van der Waals surface area contributed by atoms with Gasteiger partial charge in [0.15, 0.2) is 0 Å². The number of carbonyl (C=O) groups excluding carboxylic acids is 1. The molecule has 0 saturated carbocycles. The summed E-state index contributed by atoms with van der Waals surface area (Å²) in [5, 5.41) is 17.4. The molecule has 1 unspecified atom stereocenters. The van der Waals surface area contributed by atoms with Crippen molar-refractivity contribution in [1.29, 1.82) is 0 Å². The van der Waals surface area contributed by atoms with Crippen molar-refractivity contribution >= 4 is 41.3 Å². The molecule has 168 valence electrons. The predicted molar refractivity (Wildman–Crippen MR) is 128 cm³/mol. The van der Waals surface area contributed by atoms with Crippen LogP contribution in [0.1, 0.15) is 17.5 Å². The molecule has 4 rings (SSSR count). The summed E-state index contributed by atoms with van der Waals surface area (Å²) in [5.74, 6) is 0.100. The van der Waals surface area contributed by atoms with Crippen LogP contribution in [0.2, 0.25) is 5.02 Å². The van der Waals surface area contributed by atoms with Crippen molar-refractivity contribution in [1.82, 2.24) is 10.2 Å². The summed E-state index contributed by atoms with van der Waals surface area (Å²) in [6, 6.07) is 13.9. The number of amides is 1. The minimum absolute atomic E-state index is 0. The van der Waals surface area contributed by atoms with E-state index in [4.69, 9.17) is 11.6 Å². The third-order valence-corrected chi connectivity index (χ3v) is 6.08. The summed E-state index contributed by atoms with van der Waals surface area (Å²) in [4.78, 5) is 16.4. The van der Waals surface area contributed by atoms with Gasteiger partial charge >= 0.3 is 0 Å². The van der Waals surface area contributed by atoms with Crippen molar-refractivity contribution in [2.75, 3.05) is 49.5 Å². The maximum Gasteiger partial charge on any atom is 0.224 e. The van der Waals surface area contributed by atoms with Crippen molar-refractivity contribution in [3.63, 3.8) is 0 Å². The number of aliphatic hydroxyl groups is 1. The SMILES string of the molecule is Cl.O=C1CCc2c(cccc2N2CCN(CC(O)CNCc3ccc(Cl)cc3)CC2)N1. The number of hydrogen-bond donors (Lipinski definition) is 3. The van der Waals surface area contributed by atoms with Crippen molar-refractivity contribution in [2.45, 2.75) is 25.5 Å². The standard InChI is InChI=1S/C23H29ClN4O2.ClH/c24-18-6-4-17(5-7-18)14-25-15-19(29)16-27-10-12-28(13-11-27)22-3-1-2-21-20(22)8-9-23(30)26-21;/h1-7,19,25,29H,8-16H2,(H,26,30);1H. The van der Waals surface area contributed by atoms with Crippen molar-refractivity contribution in [3.05, 3.63) is 58.6 Å². The lowest BCUT2D eigenvalue weighted by atomic mass is 10.00. The summed E-state index contributed by atoms with van der Waals surface area (Å²) >= 11 is 5.91. The molecule has 0 bridgehead atoms. The van der Waals surface area contributed by atoms with E-state index >= 15 is 0 Å². The van der Waals surface area contributed by atoms with Crippen LogP contribution in [0.3, 0.4) is 0 Å². The Bertz CT molecular complexity index is 870. The number of benzene rings is 2. The number of piperazine rings is 1. The number of nitrogens with one attached hydrogen (secondary N) is 2. The third-order valence-electron chi connectivity index (χ3n) is 5.83. The quantitative estimate of drug-likeness (QED) is 0.587. The molecule has 0 radical (unpaired) electrons. The van der Waals surface area contributed by atoms with Gasteiger partial charge in [0.25, 0.3) is 0 Å². The first-order chi connectivity index (χ1) is 14.6. The first kappa shape index (κ1) is 23.8. The predicted octanol–water partition coefficient (Wildman–Crippen LogP) is 2.92. The van der Waals surface area contributed by atoms with Gasteiger partial charge in [-0.25, -0.2) is 0 Å². The van der Waals surface area contributed by atoms with E-state index in [0.29, 0.717) is 19.5 Å². The summed E-state index contributed by atoms with van der Waals surface area (Å²) in [5.41, 5.74) is 4.59. The molecule has 1 saturated heterocycles. The second kappa shape index (κ2) is 11.2. The lowest BCUT2D eigenvalue weighted by Crippen LogP contribution is -2.50. The minimum Gasteiger partial charge on any atom is -0.390 e. The first-order valence-electron chi connectivity index (χ1n) is 10.6. The number of fused-ring (bicyclic) bond motifs is 1. The fourth-order valence-electron chi connectivity index (χ4n) is 4.22. The molecule has 2 aromatic rings. The average molecular weight is 465 g/mol. The second-order valence-electron chi connectivity index (χ2n) is 8.05. The average Bonchev–Trinajstić information content (AvgIpc) is 2.75. The van der Waals surface area contributed by atoms with Crippen molar-refractivity contribution in [2.24, 2.45) is 0 Å². The lowest BCUT2D eigenvalue weighted by Gasteiger charge is -2.38. The molecule has 3 N–H and O–H groups in total. The Labute approximate surface area is 195 Å². The summed E-state index contributed by atoms with van der Waals surface area (Å²) in [6.45, 7) is 5.65. The Morgan fingerprint density at radius 1 is 1.06 bits per heavy atom. The van der Waals surface area contributed by atoms with Crippen LogP contribution in [0.5, 0.6) is 0 Å². The zero-order chi connectivity index (χ0) is 20.9. The normalized spacial score (nSPS) is 17.5. The largest absolute Gasteiger partial charge is 0.390 e. The van der Waals surface area contributed by atoms with Crippen LogP contribution in [0, 0.1) is 0 Å². The summed E-state index contributed by atoms with van der Waals surface area (Å²) in [6.07, 6.45) is 0.956. The van der Waals surface area contributed by atoms with Gasteiger partial charge in [0.1, 0.15) is 0 Å². The second-order valence-corrected chi connectivity index (χ2v) is 8.49. The van der Waals surface area contributed by atoms with E-state index < -0.39 is 6.10 Å². The summed E-state index contributed by atoms with van der Waals surface area (Å²) in [7, 11) is 0. The van der Waals surface area contributed by atoms with Crippen LogP contribution in [-0.2, 0) is 17.8 Å². The highest BCUT2D eigenvalue weighted by molar-refractivity contribution is 6.30. The maximum absolute atomic E-state index is 11.7. The number of carbonyl (C=O) groups is 1. The van der Waals surface area contributed by atoms with E-state index in [0.717, 1.165) is 55.4 Å². The number of β-amino-alcohol motifs (C(OH)–C–C–N with tert-alkyl or cyclic N) is 1. The smallest absolute Gasteiger partial charge is 0.224 e. The van der Waals surface area contributed by atoms with Crippen LogP contribution < -0.4 is 15.5 Å². The van der Waals surface area contributed by atoms with Crippen molar-refractivity contribution < 1.29 is 9.90 Å². The number of halogens is 2. The highest BCUT2D eigenvalue weighted by Crippen LogP contribution is 2.32. The van der Waals surface area contributed by atoms with Crippen LogP contribution >= 0.6 is 24.0 Å². The molecule has 1 atom stereocenters. The molecule has 1 amide bonds. The number of anilines is 2. The van der Waals surface area contributed by atoms with Crippen LogP contribution in [0.15, 0.2) is 42.5 Å². The van der Waals surface area contributed by atoms with Gasteiger partial charge in [-0.15, -0.1) is 12.4 Å². The van der Waals surface area contributed by atoms with Gasteiger partial charge in [-0.1, -0.05) is 29.8 Å². The maximum atomic E-state index is 11.7. The van der Waals surface area contributed by atoms with Gasteiger partial charge in [0, 0.05) is 68.6 Å². The first-order valence-corrected chi connectivity index (χ1v) is 11.0. The highest BCUT2D eigenvalue weighted by Gasteiger charge is 2.24. The van der Waals surface area contributed by atoms with E-state index in [1.807, 2.05) is 36.4 Å². The summed E-state index contributed by atoms with van der Waals surface area (Å²) < 4.78 is 0. The number of aliphatic hydroxyl groups excluding tert-OH is 1. The van der Waals surface area contributed by atoms with E-state index in [-0.39, 0.29) is 18.3 Å². The molecule has 2 heterocycles. The van der Waals surface area contributed by atoms with Crippen LogP contribution in [-0.4, -0.2) is 61.3 Å². The van der Waals surface area contributed by atoms with E-state index in [1.54, 1.807) is 0 Å². The molecule has 6 nitrogen and oxygen atoms in total. The van der Waals surface area contributed by atoms with E-state index in [1.165, 1.54) is 11.3 Å². The highest BCUT2D eigenvalue weighted by atomic mass is 35.5. The zero-order valence-corrected chi connectivity index (χ0v) is 19.1. The Morgan fingerprint density at radius 3 is 2.55 bits per heavy atom. The number of hydrogen-bond acceptors (Lipinski definition) is 5. The fraction of sp³-hybridized carbons (Fsp3) is 0.435. The Kier molecular flexibility index (Phi) is 8.58. The van der Waals surface area contributed by atoms with Crippen LogP contribution in [0.4, 0.5) is 11.4 Å². The van der Waals surface area contributed by atoms with Gasteiger partial charge < -0.3 is 20.6 Å². The van der Waals surface area contributed by atoms with Gasteiger partial charge in [0.05, 0.1) is 6.10 Å². The fourth-order valence-corrected chi connectivity index (χ4v) is 4.35. The molecule has 31 heavy (non-hydrogen) atoms. The monoisotopic (exact) mass is 464 g/mol. The Hall–Kier alpha value is -1.83. The number of rotatable bonds is 7. The van der Waals surface area contributed by atoms with Gasteiger partial charge in [-0.05, 0) is 41.8 Å². The third kappa shape index (κ3) is 6.34. The van der Waals surface area contributed by atoms with Gasteiger partial charge in [-0.2, -0.15) is 0 Å². The lowest BCUT2D eigenvalue weighted by molar-refractivity contribution is -0.116. The molecule has 1 fully saturated rings. The molecular formula is C23H30Cl2N4O2. The topological polar surface area (TPSA) is 67.8 Å². The Balaban J connectivity index is 0.00000272. The zero-order valence-electron chi connectivity index (χ0n) is 17.5. The molecule has 0 spiro atoms.